The summed E-state index contributed by atoms with van der Waals surface area (Å²) in [5, 5.41) is 10.2. The van der Waals surface area contributed by atoms with E-state index in [1.54, 1.807) is 13.2 Å². The summed E-state index contributed by atoms with van der Waals surface area (Å²) >= 11 is 6.16. The van der Waals surface area contributed by atoms with Crippen molar-refractivity contribution in [3.8, 4) is 11.5 Å². The number of ether oxygens (including phenoxy) is 2. The van der Waals surface area contributed by atoms with E-state index >= 15 is 0 Å². The molecule has 0 atom stereocenters. The molecule has 1 N–H and O–H groups in total. The molecule has 2 rings (SSSR count). The first-order valence-electron chi connectivity index (χ1n) is 7.13. The van der Waals surface area contributed by atoms with E-state index in [-0.39, 0.29) is 12.7 Å². The predicted molar refractivity (Wildman–Crippen MR) is 81.0 cm³/mol. The molecule has 0 spiro atoms. The number of halogens is 1. The van der Waals surface area contributed by atoms with Crippen LogP contribution in [0.25, 0.3) is 0 Å². The zero-order valence-electron chi connectivity index (χ0n) is 12.4. The number of hydrogen-bond donors (Lipinski definition) is 1. The summed E-state index contributed by atoms with van der Waals surface area (Å²) in [5.74, 6) is 1.36. The van der Waals surface area contributed by atoms with Crippen LogP contribution >= 0.6 is 11.6 Å². The molecular formula is C16H23ClO3. The average Bonchev–Trinajstić information content (AvgIpc) is 2.93. The average molecular weight is 299 g/mol. The van der Waals surface area contributed by atoms with E-state index < -0.39 is 5.41 Å². The first-order valence-corrected chi connectivity index (χ1v) is 7.51. The summed E-state index contributed by atoms with van der Waals surface area (Å²) in [6.07, 6.45) is 4.80. The maximum absolute atomic E-state index is 9.65. The lowest BCUT2D eigenvalue weighted by atomic mass is 9.84. The smallest absolute Gasteiger partial charge is 0.165 e. The van der Waals surface area contributed by atoms with Crippen LogP contribution in [0.15, 0.2) is 12.1 Å². The van der Waals surface area contributed by atoms with E-state index in [2.05, 4.69) is 0 Å². The van der Waals surface area contributed by atoms with Crippen LogP contribution < -0.4 is 9.47 Å². The third-order valence-electron chi connectivity index (χ3n) is 3.95. The van der Waals surface area contributed by atoms with Crippen LogP contribution in [0.1, 0.15) is 45.1 Å². The number of benzene rings is 1. The van der Waals surface area contributed by atoms with Crippen LogP contribution in [0.2, 0.25) is 5.02 Å². The van der Waals surface area contributed by atoms with Crippen molar-refractivity contribution >= 4 is 11.6 Å². The Labute approximate surface area is 125 Å². The summed E-state index contributed by atoms with van der Waals surface area (Å²) < 4.78 is 11.6. The first-order chi connectivity index (χ1) is 9.47. The van der Waals surface area contributed by atoms with Crippen LogP contribution in [0.5, 0.6) is 11.5 Å². The summed E-state index contributed by atoms with van der Waals surface area (Å²) in [4.78, 5) is 0. The zero-order chi connectivity index (χ0) is 14.8. The zero-order valence-corrected chi connectivity index (χ0v) is 13.2. The quantitative estimate of drug-likeness (QED) is 0.895. The van der Waals surface area contributed by atoms with Gasteiger partial charge in [0.15, 0.2) is 11.5 Å². The highest BCUT2D eigenvalue weighted by molar-refractivity contribution is 6.30. The predicted octanol–water partition coefficient (Wildman–Crippen LogP) is 3.94. The molecule has 0 heterocycles. The highest BCUT2D eigenvalue weighted by atomic mass is 35.5. The van der Waals surface area contributed by atoms with Crippen molar-refractivity contribution in [2.75, 3.05) is 13.7 Å². The monoisotopic (exact) mass is 298 g/mol. The van der Waals surface area contributed by atoms with Crippen molar-refractivity contribution in [1.82, 2.24) is 0 Å². The Balaban J connectivity index is 2.44. The molecule has 0 amide bonds. The largest absolute Gasteiger partial charge is 0.493 e. The van der Waals surface area contributed by atoms with Crippen LogP contribution in [0.4, 0.5) is 0 Å². The molecule has 1 aliphatic rings. The first kappa shape index (κ1) is 15.5. The SMILES string of the molecule is COc1cc(Cl)cc(C(C)(C)CO)c1OC1CCCC1. The lowest BCUT2D eigenvalue weighted by molar-refractivity contribution is 0.182. The van der Waals surface area contributed by atoms with E-state index in [1.165, 1.54) is 12.8 Å². The molecule has 1 aliphatic carbocycles. The van der Waals surface area contributed by atoms with Gasteiger partial charge in [-0.1, -0.05) is 25.4 Å². The van der Waals surface area contributed by atoms with Gasteiger partial charge < -0.3 is 14.6 Å². The maximum Gasteiger partial charge on any atom is 0.165 e. The molecule has 0 radical (unpaired) electrons. The molecule has 1 aromatic rings. The number of hydrogen-bond acceptors (Lipinski definition) is 3. The van der Waals surface area contributed by atoms with Gasteiger partial charge in [0.2, 0.25) is 0 Å². The highest BCUT2D eigenvalue weighted by Gasteiger charge is 2.29. The summed E-state index contributed by atoms with van der Waals surface area (Å²) in [6.45, 7) is 3.97. The van der Waals surface area contributed by atoms with Gasteiger partial charge in [-0.3, -0.25) is 0 Å². The Hall–Kier alpha value is -0.930. The Morgan fingerprint density at radius 2 is 1.95 bits per heavy atom. The van der Waals surface area contributed by atoms with Crippen molar-refractivity contribution in [2.45, 2.75) is 51.0 Å². The third kappa shape index (κ3) is 3.21. The molecule has 0 aliphatic heterocycles. The summed E-state index contributed by atoms with van der Waals surface area (Å²) in [7, 11) is 1.61. The lowest BCUT2D eigenvalue weighted by Gasteiger charge is -2.28. The third-order valence-corrected chi connectivity index (χ3v) is 4.17. The molecule has 20 heavy (non-hydrogen) atoms. The molecule has 0 unspecified atom stereocenters. The van der Waals surface area contributed by atoms with Crippen molar-refractivity contribution in [3.05, 3.63) is 22.7 Å². The van der Waals surface area contributed by atoms with Crippen molar-refractivity contribution in [2.24, 2.45) is 0 Å². The Morgan fingerprint density at radius 1 is 1.30 bits per heavy atom. The summed E-state index contributed by atoms with van der Waals surface area (Å²) in [5.41, 5.74) is 0.475. The number of methoxy groups -OCH3 is 1. The van der Waals surface area contributed by atoms with Gasteiger partial charge >= 0.3 is 0 Å². The molecule has 1 aromatic carbocycles. The minimum absolute atomic E-state index is 0.0253. The standard InChI is InChI=1S/C16H23ClO3/c1-16(2,10-18)13-8-11(17)9-14(19-3)15(13)20-12-6-4-5-7-12/h8-9,12,18H,4-7,10H2,1-3H3. The van der Waals surface area contributed by atoms with E-state index in [0.717, 1.165) is 24.2 Å². The minimum atomic E-state index is -0.424. The molecule has 0 saturated heterocycles. The number of rotatable bonds is 5. The van der Waals surface area contributed by atoms with Crippen molar-refractivity contribution in [3.63, 3.8) is 0 Å². The van der Waals surface area contributed by atoms with Gasteiger partial charge in [-0.25, -0.2) is 0 Å². The number of aliphatic hydroxyl groups is 1. The van der Waals surface area contributed by atoms with E-state index in [0.29, 0.717) is 10.8 Å². The van der Waals surface area contributed by atoms with Gasteiger partial charge in [-0.2, -0.15) is 0 Å². The van der Waals surface area contributed by atoms with E-state index in [1.807, 2.05) is 19.9 Å². The number of aliphatic hydroxyl groups excluding tert-OH is 1. The van der Waals surface area contributed by atoms with Crippen molar-refractivity contribution in [1.29, 1.82) is 0 Å². The molecule has 112 valence electrons. The molecule has 1 saturated carbocycles. The Morgan fingerprint density at radius 3 is 2.50 bits per heavy atom. The lowest BCUT2D eigenvalue weighted by Crippen LogP contribution is -2.25. The molecular weight excluding hydrogens is 276 g/mol. The normalized spacial score (nSPS) is 16.4. The molecule has 4 heteroatoms. The second-order valence-corrected chi connectivity index (χ2v) is 6.49. The molecule has 3 nitrogen and oxygen atoms in total. The topological polar surface area (TPSA) is 38.7 Å². The Bertz CT molecular complexity index is 465. The fraction of sp³-hybridized carbons (Fsp3) is 0.625. The minimum Gasteiger partial charge on any atom is -0.493 e. The molecule has 1 fully saturated rings. The Kier molecular flexibility index (Phi) is 4.82. The summed E-state index contributed by atoms with van der Waals surface area (Å²) in [6, 6.07) is 3.63. The van der Waals surface area contributed by atoms with Gasteiger partial charge in [-0.15, -0.1) is 0 Å². The van der Waals surface area contributed by atoms with Crippen LogP contribution in [-0.4, -0.2) is 24.9 Å². The van der Waals surface area contributed by atoms with Gasteiger partial charge in [0.05, 0.1) is 19.8 Å². The van der Waals surface area contributed by atoms with Gasteiger partial charge in [0.25, 0.3) is 0 Å². The fourth-order valence-electron chi connectivity index (χ4n) is 2.60. The van der Waals surface area contributed by atoms with Crippen LogP contribution in [0, 0.1) is 0 Å². The van der Waals surface area contributed by atoms with Crippen molar-refractivity contribution < 1.29 is 14.6 Å². The van der Waals surface area contributed by atoms with Gasteiger partial charge in [0.1, 0.15) is 0 Å². The van der Waals surface area contributed by atoms with Gasteiger partial charge in [0, 0.05) is 22.1 Å². The highest BCUT2D eigenvalue weighted by Crippen LogP contribution is 2.42. The second kappa shape index (κ2) is 6.23. The van der Waals surface area contributed by atoms with Crippen LogP contribution in [-0.2, 0) is 5.41 Å². The van der Waals surface area contributed by atoms with E-state index in [4.69, 9.17) is 21.1 Å². The maximum atomic E-state index is 9.65. The second-order valence-electron chi connectivity index (χ2n) is 6.05. The van der Waals surface area contributed by atoms with Gasteiger partial charge in [-0.05, 0) is 31.7 Å². The molecule has 0 aromatic heterocycles. The molecule has 0 bridgehead atoms. The fourth-order valence-corrected chi connectivity index (χ4v) is 2.81. The van der Waals surface area contributed by atoms with Crippen LogP contribution in [0.3, 0.4) is 0 Å². The van der Waals surface area contributed by atoms with E-state index in [9.17, 15) is 5.11 Å².